The largest absolute Gasteiger partial charge is 0.309 e. The number of rotatable bonds is 4. The van der Waals surface area contributed by atoms with E-state index in [9.17, 15) is 0 Å². The van der Waals surface area contributed by atoms with Gasteiger partial charge in [-0.2, -0.15) is 0 Å². The molecule has 0 bridgehead atoms. The zero-order valence-electron chi connectivity index (χ0n) is 25.8. The summed E-state index contributed by atoms with van der Waals surface area (Å²) in [4.78, 5) is 16.4. The van der Waals surface area contributed by atoms with Crippen LogP contribution < -0.4 is 4.90 Å². The lowest BCUT2D eigenvalue weighted by Crippen LogP contribution is -2.15. The lowest BCUT2D eigenvalue weighted by Gasteiger charge is -2.34. The Kier molecular flexibility index (Phi) is 5.81. The van der Waals surface area contributed by atoms with E-state index in [-0.39, 0.29) is 0 Å². The van der Waals surface area contributed by atoms with E-state index in [2.05, 4.69) is 130 Å². The number of anilines is 3. The van der Waals surface area contributed by atoms with Crippen LogP contribution in [-0.2, 0) is 0 Å². The number of hydrogen-bond donors (Lipinski definition) is 0. The van der Waals surface area contributed by atoms with E-state index in [1.54, 1.807) is 0 Å². The van der Waals surface area contributed by atoms with Crippen LogP contribution in [0.1, 0.15) is 0 Å². The maximum absolute atomic E-state index is 4.74. The molecule has 9 aromatic rings. The first-order chi connectivity index (χ1) is 23.8. The smallest absolute Gasteiger partial charge is 0.0708 e. The number of benzene rings is 5. The van der Waals surface area contributed by atoms with Gasteiger partial charge < -0.3 is 9.47 Å². The van der Waals surface area contributed by atoms with Crippen molar-refractivity contribution in [2.45, 2.75) is 0 Å². The van der Waals surface area contributed by atoms with Crippen molar-refractivity contribution < 1.29 is 0 Å². The maximum atomic E-state index is 4.74. The van der Waals surface area contributed by atoms with Crippen LogP contribution >= 0.6 is 0 Å². The molecule has 0 saturated heterocycles. The topological polar surface area (TPSA) is 46.8 Å². The molecule has 1 aliphatic heterocycles. The molecule has 10 rings (SSSR count). The molecule has 5 heterocycles. The van der Waals surface area contributed by atoms with Gasteiger partial charge in [-0.15, -0.1) is 0 Å². The van der Waals surface area contributed by atoms with Crippen molar-refractivity contribution >= 4 is 49.6 Å². The number of hydrogen-bond acceptors (Lipinski definition) is 4. The first-order valence-corrected chi connectivity index (χ1v) is 16.1. The normalized spacial score (nSPS) is 12.1. The predicted octanol–water partition coefficient (Wildman–Crippen LogP) is 10.9. The molecule has 0 fully saturated rings. The lowest BCUT2D eigenvalue weighted by molar-refractivity contribution is 1.14. The van der Waals surface area contributed by atoms with Gasteiger partial charge in [0, 0.05) is 57.1 Å². The summed E-state index contributed by atoms with van der Waals surface area (Å²) in [5.41, 5.74) is 13.2. The van der Waals surface area contributed by atoms with E-state index in [0.29, 0.717) is 0 Å². The average Bonchev–Trinajstić information content (AvgIpc) is 3.50. The van der Waals surface area contributed by atoms with Crippen LogP contribution in [0.15, 0.2) is 164 Å². The molecule has 224 valence electrons. The zero-order chi connectivity index (χ0) is 31.6. The molecular formula is C43H27N5. The minimum absolute atomic E-state index is 0.948. The standard InChI is InChI=1S/C43H27N5/c1-2-10-29(11-3-1)48-39-16-8-13-32-31(37-15-5-7-25-46-37)18-19-33(41(32)39)34-20-22-40-42(43(34)48)35-26-28(36-14-4-6-24-45-36)17-21-38(35)47(40)30-12-9-23-44-27-30/h1-27H. The molecule has 0 saturated carbocycles. The van der Waals surface area contributed by atoms with Crippen LogP contribution in [0.5, 0.6) is 0 Å². The molecule has 0 amide bonds. The molecule has 4 aromatic heterocycles. The van der Waals surface area contributed by atoms with E-state index in [1.807, 2.05) is 49.1 Å². The Hall–Kier alpha value is -6.59. The fourth-order valence-corrected chi connectivity index (χ4v) is 7.51. The van der Waals surface area contributed by atoms with Gasteiger partial charge in [0.2, 0.25) is 0 Å². The van der Waals surface area contributed by atoms with E-state index >= 15 is 0 Å². The number of pyridine rings is 3. The van der Waals surface area contributed by atoms with Crippen molar-refractivity contribution in [2.75, 3.05) is 4.90 Å². The maximum Gasteiger partial charge on any atom is 0.0708 e. The highest BCUT2D eigenvalue weighted by Gasteiger charge is 2.31. The van der Waals surface area contributed by atoms with E-state index in [0.717, 1.165) is 61.7 Å². The molecule has 5 aromatic carbocycles. The number of nitrogens with zero attached hydrogens (tertiary/aromatic N) is 5. The molecule has 0 aliphatic carbocycles. The van der Waals surface area contributed by atoms with E-state index < -0.39 is 0 Å². The fraction of sp³-hybridized carbons (Fsp3) is 0. The van der Waals surface area contributed by atoms with Crippen molar-refractivity contribution in [3.63, 3.8) is 0 Å². The van der Waals surface area contributed by atoms with E-state index in [1.165, 1.54) is 27.3 Å². The fourth-order valence-electron chi connectivity index (χ4n) is 7.51. The molecule has 0 atom stereocenters. The molecule has 0 N–H and O–H groups in total. The van der Waals surface area contributed by atoms with Crippen molar-refractivity contribution in [1.29, 1.82) is 0 Å². The molecule has 1 aliphatic rings. The Labute approximate surface area is 277 Å². The van der Waals surface area contributed by atoms with Gasteiger partial charge in [0.05, 0.1) is 45.7 Å². The molecule has 48 heavy (non-hydrogen) atoms. The summed E-state index contributed by atoms with van der Waals surface area (Å²) >= 11 is 0. The monoisotopic (exact) mass is 613 g/mol. The minimum Gasteiger partial charge on any atom is -0.309 e. The predicted molar refractivity (Wildman–Crippen MR) is 196 cm³/mol. The van der Waals surface area contributed by atoms with Crippen molar-refractivity contribution in [3.8, 4) is 39.3 Å². The van der Waals surface area contributed by atoms with Gasteiger partial charge >= 0.3 is 0 Å². The third-order valence-electron chi connectivity index (χ3n) is 9.50. The highest BCUT2D eigenvalue weighted by Crippen LogP contribution is 2.56. The summed E-state index contributed by atoms with van der Waals surface area (Å²) < 4.78 is 2.34. The van der Waals surface area contributed by atoms with Crippen LogP contribution in [0.3, 0.4) is 0 Å². The van der Waals surface area contributed by atoms with Crippen LogP contribution in [0.25, 0.3) is 71.9 Å². The second-order valence-electron chi connectivity index (χ2n) is 12.1. The summed E-state index contributed by atoms with van der Waals surface area (Å²) in [5, 5.41) is 4.76. The summed E-state index contributed by atoms with van der Waals surface area (Å²) in [5.74, 6) is 0. The Bertz CT molecular complexity index is 2650. The first-order valence-electron chi connectivity index (χ1n) is 16.1. The third kappa shape index (κ3) is 3.88. The molecule has 0 unspecified atom stereocenters. The molecule has 0 radical (unpaired) electrons. The highest BCUT2D eigenvalue weighted by molar-refractivity contribution is 6.26. The zero-order valence-corrected chi connectivity index (χ0v) is 25.8. The van der Waals surface area contributed by atoms with E-state index in [4.69, 9.17) is 9.97 Å². The Balaban J connectivity index is 1.37. The van der Waals surface area contributed by atoms with Crippen LogP contribution in [0.2, 0.25) is 0 Å². The van der Waals surface area contributed by atoms with Gasteiger partial charge in [0.1, 0.15) is 0 Å². The Morgan fingerprint density at radius 1 is 0.458 bits per heavy atom. The minimum atomic E-state index is 0.948. The van der Waals surface area contributed by atoms with Gasteiger partial charge in [-0.25, -0.2) is 0 Å². The van der Waals surface area contributed by atoms with Crippen molar-refractivity contribution in [3.05, 3.63) is 164 Å². The quantitative estimate of drug-likeness (QED) is 0.198. The molecular weight excluding hydrogens is 587 g/mol. The average molecular weight is 614 g/mol. The number of para-hydroxylation sites is 1. The summed E-state index contributed by atoms with van der Waals surface area (Å²) in [6, 6.07) is 49.5. The Morgan fingerprint density at radius 2 is 1.21 bits per heavy atom. The summed E-state index contributed by atoms with van der Waals surface area (Å²) in [6.07, 6.45) is 7.49. The van der Waals surface area contributed by atoms with Gasteiger partial charge in [-0.1, -0.05) is 66.7 Å². The van der Waals surface area contributed by atoms with Gasteiger partial charge in [-0.3, -0.25) is 15.0 Å². The first kappa shape index (κ1) is 26.6. The third-order valence-corrected chi connectivity index (χ3v) is 9.50. The van der Waals surface area contributed by atoms with Gasteiger partial charge in [0.25, 0.3) is 0 Å². The number of fused-ring (bicyclic) bond motifs is 6. The van der Waals surface area contributed by atoms with Crippen LogP contribution in [-0.4, -0.2) is 19.5 Å². The lowest BCUT2D eigenvalue weighted by atomic mass is 9.86. The van der Waals surface area contributed by atoms with Crippen LogP contribution in [0, 0.1) is 0 Å². The van der Waals surface area contributed by atoms with Gasteiger partial charge in [-0.05, 0) is 83.7 Å². The van der Waals surface area contributed by atoms with Crippen molar-refractivity contribution in [2.24, 2.45) is 0 Å². The highest BCUT2D eigenvalue weighted by atomic mass is 15.2. The molecule has 0 spiro atoms. The summed E-state index contributed by atoms with van der Waals surface area (Å²) in [6.45, 7) is 0. The molecule has 5 nitrogen and oxygen atoms in total. The van der Waals surface area contributed by atoms with Crippen molar-refractivity contribution in [1.82, 2.24) is 19.5 Å². The summed E-state index contributed by atoms with van der Waals surface area (Å²) in [7, 11) is 0. The van der Waals surface area contributed by atoms with Gasteiger partial charge in [0.15, 0.2) is 0 Å². The molecule has 5 heteroatoms. The Morgan fingerprint density at radius 3 is 2.00 bits per heavy atom. The number of aromatic nitrogens is 4. The second kappa shape index (κ2) is 10.5. The van der Waals surface area contributed by atoms with Crippen LogP contribution in [0.4, 0.5) is 17.1 Å². The SMILES string of the molecule is c1ccc(N2c3cccc4c(-c5ccccn5)ccc(c34)-c3ccc4c(c32)c2cc(-c3ccccn3)ccc2n4-c2cccnc2)cc1. The second-order valence-corrected chi connectivity index (χ2v) is 12.1.